The summed E-state index contributed by atoms with van der Waals surface area (Å²) in [6, 6.07) is 0. The third kappa shape index (κ3) is 642. The van der Waals surface area contributed by atoms with E-state index in [1.54, 1.807) is 0 Å². The van der Waals surface area contributed by atoms with Gasteiger partial charge in [0.15, 0.2) is 0 Å². The second kappa shape index (κ2) is 37.4. The van der Waals surface area contributed by atoms with E-state index in [1.807, 2.05) is 13.8 Å². The average molecular weight is 144 g/mol. The maximum Gasteiger partial charge on any atom is -0.0533 e. The summed E-state index contributed by atoms with van der Waals surface area (Å²) in [4.78, 5) is 0. The molecule has 64 valence electrons. The van der Waals surface area contributed by atoms with E-state index in [0.29, 0.717) is 0 Å². The highest BCUT2D eigenvalue weighted by molar-refractivity contribution is 4.50. The number of rotatable bonds is 0. The first-order chi connectivity index (χ1) is 4.91. The minimum Gasteiger partial charge on any atom is -0.106 e. The molecule has 0 aromatic rings. The first-order valence-corrected chi connectivity index (χ1v) is 4.41. The lowest BCUT2D eigenvalue weighted by Crippen LogP contribution is -1.27. The highest BCUT2D eigenvalue weighted by Crippen LogP contribution is 2.14. The molecule has 0 bridgehead atoms. The van der Waals surface area contributed by atoms with Crippen LogP contribution in [-0.4, -0.2) is 0 Å². The quantitative estimate of drug-likeness (QED) is 0.442. The Hall–Kier alpha value is -0.260. The lowest BCUT2D eigenvalue weighted by Gasteiger charge is -1.48. The molecular formula is C10H24. The van der Waals surface area contributed by atoms with Crippen molar-refractivity contribution in [1.29, 1.82) is 0 Å². The van der Waals surface area contributed by atoms with E-state index < -0.39 is 0 Å². The van der Waals surface area contributed by atoms with Crippen LogP contribution in [0.25, 0.3) is 0 Å². The summed E-state index contributed by atoms with van der Waals surface area (Å²) >= 11 is 0. The van der Waals surface area contributed by atoms with Gasteiger partial charge in [0.25, 0.3) is 0 Å². The van der Waals surface area contributed by atoms with Gasteiger partial charge in [-0.25, -0.2) is 0 Å². The lowest BCUT2D eigenvalue weighted by molar-refractivity contribution is 1.09. The zero-order valence-electron chi connectivity index (χ0n) is 8.24. The van der Waals surface area contributed by atoms with Gasteiger partial charge >= 0.3 is 0 Å². The molecule has 0 N–H and O–H groups in total. The van der Waals surface area contributed by atoms with Crippen molar-refractivity contribution in [3.63, 3.8) is 0 Å². The predicted molar refractivity (Wildman–Crippen MR) is 52.4 cm³/mol. The molecule has 1 fully saturated rings. The van der Waals surface area contributed by atoms with Gasteiger partial charge in [-0.15, -0.1) is 13.2 Å². The van der Waals surface area contributed by atoms with E-state index in [1.165, 1.54) is 25.7 Å². The van der Waals surface area contributed by atoms with Gasteiger partial charge in [0.1, 0.15) is 0 Å². The molecule has 1 saturated carbocycles. The smallest absolute Gasteiger partial charge is 0.0533 e. The van der Waals surface area contributed by atoms with E-state index in [4.69, 9.17) is 0 Å². The summed E-state index contributed by atoms with van der Waals surface area (Å²) in [5.74, 6) is 0. The topological polar surface area (TPSA) is 0 Å². The summed E-state index contributed by atoms with van der Waals surface area (Å²) in [7, 11) is 0. The molecule has 0 nitrogen and oxygen atoms in total. The Morgan fingerprint density at radius 1 is 0.900 bits per heavy atom. The van der Waals surface area contributed by atoms with E-state index in [-0.39, 0.29) is 0 Å². The molecule has 0 atom stereocenters. The summed E-state index contributed by atoms with van der Waals surface area (Å²) in [5.41, 5.74) is 0. The second-order valence-corrected chi connectivity index (χ2v) is 1.77. The standard InChI is InChI=1S/C3H6.C3H8.C2H6.C2H4/c1-2-3-1;1-3-2;2*1-2/h1-3H2;3H2,1-2H3;1-2H3;1-2H2. The van der Waals surface area contributed by atoms with Gasteiger partial charge in [-0.1, -0.05) is 53.4 Å². The van der Waals surface area contributed by atoms with Crippen molar-refractivity contribution in [3.05, 3.63) is 13.2 Å². The Balaban J connectivity index is -0.0000000675. The molecule has 0 saturated heterocycles. The summed E-state index contributed by atoms with van der Waals surface area (Å²) < 4.78 is 0. The molecule has 10 heavy (non-hydrogen) atoms. The Morgan fingerprint density at radius 2 is 1.00 bits per heavy atom. The van der Waals surface area contributed by atoms with Gasteiger partial charge in [-0.3, -0.25) is 0 Å². The van der Waals surface area contributed by atoms with Crippen LogP contribution in [0.3, 0.4) is 0 Å². The number of hydrogen-bond donors (Lipinski definition) is 0. The fourth-order valence-corrected chi connectivity index (χ4v) is 0. The summed E-state index contributed by atoms with van der Waals surface area (Å²) in [6.07, 6.45) is 5.75. The molecular weight excluding hydrogens is 120 g/mol. The molecule has 0 unspecified atom stereocenters. The molecule has 0 amide bonds. The highest BCUT2D eigenvalue weighted by Gasteiger charge is 1.95. The van der Waals surface area contributed by atoms with Crippen LogP contribution in [0.2, 0.25) is 0 Å². The molecule has 0 radical (unpaired) electrons. The van der Waals surface area contributed by atoms with Crippen molar-refractivity contribution in [2.45, 2.75) is 53.4 Å². The van der Waals surface area contributed by atoms with Crippen LogP contribution in [0.15, 0.2) is 13.2 Å². The zero-order valence-corrected chi connectivity index (χ0v) is 8.24. The minimum absolute atomic E-state index is 1.25. The van der Waals surface area contributed by atoms with E-state index >= 15 is 0 Å². The van der Waals surface area contributed by atoms with Crippen molar-refractivity contribution in [2.75, 3.05) is 0 Å². The van der Waals surface area contributed by atoms with Crippen molar-refractivity contribution < 1.29 is 0 Å². The van der Waals surface area contributed by atoms with E-state index in [0.717, 1.165) is 0 Å². The van der Waals surface area contributed by atoms with Gasteiger partial charge in [0, 0.05) is 0 Å². The van der Waals surface area contributed by atoms with Gasteiger partial charge in [-0.05, 0) is 0 Å². The minimum atomic E-state index is 1.25. The van der Waals surface area contributed by atoms with Crippen LogP contribution in [0.1, 0.15) is 53.4 Å². The molecule has 1 rings (SSSR count). The van der Waals surface area contributed by atoms with Crippen molar-refractivity contribution in [2.24, 2.45) is 0 Å². The van der Waals surface area contributed by atoms with E-state index in [2.05, 4.69) is 27.0 Å². The lowest BCUT2D eigenvalue weighted by atomic mass is 10.6. The van der Waals surface area contributed by atoms with Crippen molar-refractivity contribution >= 4 is 0 Å². The summed E-state index contributed by atoms with van der Waals surface area (Å²) in [5, 5.41) is 0. The van der Waals surface area contributed by atoms with Crippen LogP contribution in [0.4, 0.5) is 0 Å². The van der Waals surface area contributed by atoms with Crippen LogP contribution >= 0.6 is 0 Å². The average Bonchev–Trinajstić information content (AvgIpc) is 2.82. The molecule has 0 heteroatoms. The number of hydrogen-bond acceptors (Lipinski definition) is 0. The maximum absolute atomic E-state index is 3.00. The van der Waals surface area contributed by atoms with Crippen LogP contribution < -0.4 is 0 Å². The molecule has 1 aliphatic rings. The highest BCUT2D eigenvalue weighted by atomic mass is 14.0. The molecule has 0 aromatic carbocycles. The molecule has 0 heterocycles. The Labute approximate surface area is 67.3 Å². The molecule has 0 aliphatic heterocycles. The normalized spacial score (nSPS) is 10.0. The SMILES string of the molecule is C1CC1.C=C.CC.CCC. The third-order valence-electron chi connectivity index (χ3n) is 0.354. The Bertz CT molecular complexity index is 18.5. The van der Waals surface area contributed by atoms with Gasteiger partial charge in [0.2, 0.25) is 0 Å². The monoisotopic (exact) mass is 144 g/mol. The Kier molecular flexibility index (Phi) is 61.3. The Morgan fingerprint density at radius 3 is 1.00 bits per heavy atom. The molecule has 0 aromatic heterocycles. The van der Waals surface area contributed by atoms with Gasteiger partial charge in [-0.2, -0.15) is 0 Å². The third-order valence-corrected chi connectivity index (χ3v) is 0.354. The predicted octanol–water partition coefficient (Wildman–Crippen LogP) is 4.42. The zero-order chi connectivity index (χ0) is 8.83. The van der Waals surface area contributed by atoms with Crippen LogP contribution in [-0.2, 0) is 0 Å². The van der Waals surface area contributed by atoms with Gasteiger partial charge < -0.3 is 0 Å². The fourth-order valence-electron chi connectivity index (χ4n) is 0. The first kappa shape index (κ1) is 16.4. The summed E-state index contributed by atoms with van der Waals surface area (Å²) in [6.45, 7) is 14.2. The second-order valence-electron chi connectivity index (χ2n) is 1.77. The molecule has 0 spiro atoms. The largest absolute Gasteiger partial charge is 0.106 e. The maximum atomic E-state index is 3.00. The molecule has 1 aliphatic carbocycles. The fraction of sp³-hybridized carbons (Fsp3) is 0.800. The van der Waals surface area contributed by atoms with Crippen molar-refractivity contribution in [3.8, 4) is 0 Å². The van der Waals surface area contributed by atoms with E-state index in [9.17, 15) is 0 Å². The van der Waals surface area contributed by atoms with Gasteiger partial charge in [0.05, 0.1) is 0 Å². The van der Waals surface area contributed by atoms with Crippen LogP contribution in [0, 0.1) is 0 Å². The first-order valence-electron chi connectivity index (χ1n) is 4.41. The van der Waals surface area contributed by atoms with Crippen molar-refractivity contribution in [1.82, 2.24) is 0 Å². The van der Waals surface area contributed by atoms with Crippen LogP contribution in [0.5, 0.6) is 0 Å².